The van der Waals surface area contributed by atoms with Gasteiger partial charge in [-0.15, -0.1) is 0 Å². The van der Waals surface area contributed by atoms with Crippen LogP contribution in [0.15, 0.2) is 54.1 Å². The van der Waals surface area contributed by atoms with E-state index in [0.717, 1.165) is 32.1 Å². The maximum absolute atomic E-state index is 12.2. The van der Waals surface area contributed by atoms with E-state index in [0.29, 0.717) is 25.7 Å². The fourth-order valence-corrected chi connectivity index (χ4v) is 3.77. The smallest absolute Gasteiger partial charge is 0.306 e. The summed E-state index contributed by atoms with van der Waals surface area (Å²) in [6.07, 6.45) is 12.1. The van der Waals surface area contributed by atoms with Gasteiger partial charge in [0.2, 0.25) is 0 Å². The molecule has 0 heterocycles. The van der Waals surface area contributed by atoms with E-state index >= 15 is 0 Å². The third kappa shape index (κ3) is 9.08. The van der Waals surface area contributed by atoms with Gasteiger partial charge in [-0.05, 0) is 64.4 Å². The van der Waals surface area contributed by atoms with E-state index in [1.54, 1.807) is 0 Å². The maximum atomic E-state index is 12.2. The SMILES string of the molecule is CC(C)OC(=O)CCC/C=C\C[C@H]1C(=O)CC=C1CC[C@H](O)CCc1ccccc1. The van der Waals surface area contributed by atoms with Crippen molar-refractivity contribution in [3.63, 3.8) is 0 Å². The van der Waals surface area contributed by atoms with Gasteiger partial charge in [0.05, 0.1) is 12.2 Å². The molecule has 0 aromatic heterocycles. The molecule has 30 heavy (non-hydrogen) atoms. The summed E-state index contributed by atoms with van der Waals surface area (Å²) in [7, 11) is 0. The molecule has 0 bridgehead atoms. The second kappa shape index (κ2) is 13.2. The average Bonchev–Trinajstić information content (AvgIpc) is 3.07. The molecule has 2 atom stereocenters. The van der Waals surface area contributed by atoms with Gasteiger partial charge in [0.25, 0.3) is 0 Å². The lowest BCUT2D eigenvalue weighted by atomic mass is 9.91. The van der Waals surface area contributed by atoms with Crippen molar-refractivity contribution in [3.8, 4) is 0 Å². The number of benzene rings is 1. The van der Waals surface area contributed by atoms with Gasteiger partial charge in [-0.3, -0.25) is 9.59 Å². The summed E-state index contributed by atoms with van der Waals surface area (Å²) < 4.78 is 5.12. The number of esters is 1. The lowest BCUT2D eigenvalue weighted by Gasteiger charge is -2.15. The number of ketones is 1. The molecule has 1 aliphatic carbocycles. The molecule has 2 rings (SSSR count). The molecule has 4 heteroatoms. The highest BCUT2D eigenvalue weighted by atomic mass is 16.5. The van der Waals surface area contributed by atoms with Crippen molar-refractivity contribution in [1.29, 1.82) is 0 Å². The van der Waals surface area contributed by atoms with Crippen LogP contribution in [0, 0.1) is 5.92 Å². The second-order valence-electron chi connectivity index (χ2n) is 8.36. The molecule has 1 aromatic rings. The van der Waals surface area contributed by atoms with E-state index in [1.807, 2.05) is 38.1 Å². The standard InChI is InChI=1S/C26H36O4/c1-20(2)30-26(29)13-9-4-3-8-12-24-22(16-19-25(24)28)15-18-23(27)17-14-21-10-6-5-7-11-21/h3,5-8,10-11,16,20,23-24,27H,4,9,12-15,17-19H2,1-2H3/b8-3-/t23-,24-/m1/s1. The lowest BCUT2D eigenvalue weighted by Crippen LogP contribution is -2.13. The molecule has 164 valence electrons. The van der Waals surface area contributed by atoms with Gasteiger partial charge in [-0.25, -0.2) is 0 Å². The van der Waals surface area contributed by atoms with Gasteiger partial charge in [-0.2, -0.15) is 0 Å². The molecule has 0 unspecified atom stereocenters. The minimum Gasteiger partial charge on any atom is -0.463 e. The van der Waals surface area contributed by atoms with Crippen molar-refractivity contribution in [2.75, 3.05) is 0 Å². The van der Waals surface area contributed by atoms with Gasteiger partial charge in [-0.1, -0.05) is 54.1 Å². The number of Topliss-reactive ketones (excluding diaryl/α,β-unsaturated/α-hetero) is 1. The molecule has 0 radical (unpaired) electrons. The molecule has 4 nitrogen and oxygen atoms in total. The molecule has 1 N–H and O–H groups in total. The quantitative estimate of drug-likeness (QED) is 0.270. The Balaban J connectivity index is 1.66. The fraction of sp³-hybridized carbons (Fsp3) is 0.538. The first-order valence-corrected chi connectivity index (χ1v) is 11.2. The van der Waals surface area contributed by atoms with Gasteiger partial charge in [0.1, 0.15) is 5.78 Å². The van der Waals surface area contributed by atoms with E-state index in [4.69, 9.17) is 4.74 Å². The second-order valence-corrected chi connectivity index (χ2v) is 8.36. The van der Waals surface area contributed by atoms with Crippen molar-refractivity contribution in [2.24, 2.45) is 5.92 Å². The van der Waals surface area contributed by atoms with Crippen LogP contribution in [0.3, 0.4) is 0 Å². The first-order chi connectivity index (χ1) is 14.5. The maximum Gasteiger partial charge on any atom is 0.306 e. The minimum absolute atomic E-state index is 0.0477. The highest BCUT2D eigenvalue weighted by molar-refractivity contribution is 5.88. The third-order valence-electron chi connectivity index (χ3n) is 5.43. The highest BCUT2D eigenvalue weighted by Gasteiger charge is 2.26. The van der Waals surface area contributed by atoms with Crippen LogP contribution in [0.1, 0.15) is 70.8 Å². The summed E-state index contributed by atoms with van der Waals surface area (Å²) in [6.45, 7) is 3.70. The van der Waals surface area contributed by atoms with Crippen LogP contribution in [-0.4, -0.2) is 29.1 Å². The Morgan fingerprint density at radius 1 is 1.17 bits per heavy atom. The molecule has 1 aliphatic rings. The molecular formula is C26H36O4. The third-order valence-corrected chi connectivity index (χ3v) is 5.43. The summed E-state index contributed by atoms with van der Waals surface area (Å²) in [6, 6.07) is 10.2. The number of rotatable bonds is 13. The fourth-order valence-electron chi connectivity index (χ4n) is 3.77. The Kier molecular flexibility index (Phi) is 10.6. The summed E-state index contributed by atoms with van der Waals surface area (Å²) in [5.41, 5.74) is 2.41. The molecule has 0 fully saturated rings. The van der Waals surface area contributed by atoms with Crippen molar-refractivity contribution >= 4 is 11.8 Å². The number of aliphatic hydroxyl groups excluding tert-OH is 1. The number of aryl methyl sites for hydroxylation is 1. The van der Waals surface area contributed by atoms with Crippen LogP contribution in [0.4, 0.5) is 0 Å². The van der Waals surface area contributed by atoms with Crippen molar-refractivity contribution in [1.82, 2.24) is 0 Å². The molecule has 0 amide bonds. The van der Waals surface area contributed by atoms with E-state index in [1.165, 1.54) is 11.1 Å². The molecule has 0 saturated heterocycles. The normalized spacial score (nSPS) is 17.5. The van der Waals surface area contributed by atoms with Crippen molar-refractivity contribution < 1.29 is 19.4 Å². The van der Waals surface area contributed by atoms with E-state index < -0.39 is 0 Å². The number of unbranched alkanes of at least 4 members (excludes halogenated alkanes) is 1. The Bertz CT molecular complexity index is 718. The molecule has 0 saturated carbocycles. The van der Waals surface area contributed by atoms with Crippen molar-refractivity contribution in [2.45, 2.75) is 83.8 Å². The largest absolute Gasteiger partial charge is 0.463 e. The van der Waals surface area contributed by atoms with Crippen LogP contribution in [-0.2, 0) is 20.7 Å². The molecule has 0 spiro atoms. The van der Waals surface area contributed by atoms with Crippen molar-refractivity contribution in [3.05, 3.63) is 59.7 Å². The molecule has 1 aromatic carbocycles. The van der Waals surface area contributed by atoms with E-state index in [-0.39, 0.29) is 29.9 Å². The number of hydrogen-bond donors (Lipinski definition) is 1. The zero-order valence-corrected chi connectivity index (χ0v) is 18.4. The van der Waals surface area contributed by atoms with Crippen LogP contribution in [0.5, 0.6) is 0 Å². The first kappa shape index (κ1) is 24.1. The van der Waals surface area contributed by atoms with E-state index in [2.05, 4.69) is 24.3 Å². The van der Waals surface area contributed by atoms with Crippen LogP contribution < -0.4 is 0 Å². The monoisotopic (exact) mass is 412 g/mol. The van der Waals surface area contributed by atoms with Gasteiger partial charge in [0.15, 0.2) is 0 Å². The number of allylic oxidation sites excluding steroid dienone is 4. The van der Waals surface area contributed by atoms with Gasteiger partial charge in [0, 0.05) is 18.8 Å². The van der Waals surface area contributed by atoms with Gasteiger partial charge >= 0.3 is 5.97 Å². The zero-order chi connectivity index (χ0) is 21.8. The summed E-state index contributed by atoms with van der Waals surface area (Å²) in [5, 5.41) is 10.3. The highest BCUT2D eigenvalue weighted by Crippen LogP contribution is 2.30. The Morgan fingerprint density at radius 3 is 2.63 bits per heavy atom. The predicted octanol–water partition coefficient (Wildman–Crippen LogP) is 5.34. The Labute approximate surface area is 181 Å². The lowest BCUT2D eigenvalue weighted by molar-refractivity contribution is -0.147. The number of carbonyl (C=O) groups is 2. The van der Waals surface area contributed by atoms with Gasteiger partial charge < -0.3 is 9.84 Å². The van der Waals surface area contributed by atoms with Crippen LogP contribution >= 0.6 is 0 Å². The molecular weight excluding hydrogens is 376 g/mol. The summed E-state index contributed by atoms with van der Waals surface area (Å²) in [5.74, 6) is 0.0721. The first-order valence-electron chi connectivity index (χ1n) is 11.2. The molecule has 0 aliphatic heterocycles. The Hall–Kier alpha value is -2.20. The minimum atomic E-state index is -0.344. The number of carbonyl (C=O) groups excluding carboxylic acids is 2. The summed E-state index contributed by atoms with van der Waals surface area (Å²) >= 11 is 0. The van der Waals surface area contributed by atoms with Crippen LogP contribution in [0.2, 0.25) is 0 Å². The summed E-state index contributed by atoms with van der Waals surface area (Å²) in [4.78, 5) is 23.8. The number of ether oxygens (including phenoxy) is 1. The Morgan fingerprint density at radius 2 is 1.90 bits per heavy atom. The topological polar surface area (TPSA) is 63.6 Å². The van der Waals surface area contributed by atoms with Crippen LogP contribution in [0.25, 0.3) is 0 Å². The van der Waals surface area contributed by atoms with E-state index in [9.17, 15) is 14.7 Å². The zero-order valence-electron chi connectivity index (χ0n) is 18.4. The predicted molar refractivity (Wildman–Crippen MR) is 120 cm³/mol. The number of aliphatic hydroxyl groups is 1. The number of hydrogen-bond acceptors (Lipinski definition) is 4. The average molecular weight is 413 g/mol.